The van der Waals surface area contributed by atoms with Gasteiger partial charge in [-0.05, 0) is 20.3 Å². The standard InChI is InChI=1S/C13H18O4/c1-4-6-7-8-13(12(15)17-5-2)9-10(13)11(14)16-3/h4,6-8,10H,5,9H2,1-3H3/b6-4+,8-7+/t10-,13+/m0/s1. The molecular formula is C13H18O4. The van der Waals surface area contributed by atoms with Crippen LogP contribution in [-0.2, 0) is 19.1 Å². The number of ether oxygens (including phenoxy) is 2. The summed E-state index contributed by atoms with van der Waals surface area (Å²) in [5.41, 5.74) is -0.817. The highest BCUT2D eigenvalue weighted by atomic mass is 16.5. The van der Waals surface area contributed by atoms with Crippen molar-refractivity contribution in [1.29, 1.82) is 0 Å². The van der Waals surface area contributed by atoms with Gasteiger partial charge in [0.25, 0.3) is 0 Å². The van der Waals surface area contributed by atoms with Crippen LogP contribution in [0.4, 0.5) is 0 Å². The van der Waals surface area contributed by atoms with E-state index in [0.29, 0.717) is 13.0 Å². The van der Waals surface area contributed by atoms with E-state index in [2.05, 4.69) is 4.74 Å². The molecule has 0 amide bonds. The summed E-state index contributed by atoms with van der Waals surface area (Å²) >= 11 is 0. The molecule has 1 aliphatic carbocycles. The maximum absolute atomic E-state index is 11.8. The number of carbonyl (C=O) groups excluding carboxylic acids is 2. The van der Waals surface area contributed by atoms with Crippen molar-refractivity contribution < 1.29 is 19.1 Å². The van der Waals surface area contributed by atoms with Crippen molar-refractivity contribution in [3.05, 3.63) is 24.3 Å². The van der Waals surface area contributed by atoms with Crippen LogP contribution >= 0.6 is 0 Å². The third-order valence-electron chi connectivity index (χ3n) is 2.84. The zero-order valence-electron chi connectivity index (χ0n) is 10.4. The topological polar surface area (TPSA) is 52.6 Å². The molecule has 1 fully saturated rings. The van der Waals surface area contributed by atoms with Crippen molar-refractivity contribution in [3.8, 4) is 0 Å². The SMILES string of the molecule is C/C=C/C=C/[C@@]1(C(=O)OCC)C[C@H]1C(=O)OC. The second-order valence-electron chi connectivity index (χ2n) is 3.93. The first-order valence-corrected chi connectivity index (χ1v) is 5.68. The van der Waals surface area contributed by atoms with Gasteiger partial charge < -0.3 is 9.47 Å². The number of rotatable bonds is 5. The molecule has 1 saturated carbocycles. The predicted octanol–water partition coefficient (Wildman–Crippen LogP) is 1.86. The van der Waals surface area contributed by atoms with Crippen LogP contribution in [-0.4, -0.2) is 25.7 Å². The van der Waals surface area contributed by atoms with Crippen molar-refractivity contribution in [2.75, 3.05) is 13.7 Å². The zero-order chi connectivity index (χ0) is 12.9. The Morgan fingerprint density at radius 3 is 2.65 bits per heavy atom. The summed E-state index contributed by atoms with van der Waals surface area (Å²) in [7, 11) is 1.33. The van der Waals surface area contributed by atoms with Crippen molar-refractivity contribution in [2.24, 2.45) is 11.3 Å². The third-order valence-corrected chi connectivity index (χ3v) is 2.84. The highest BCUT2D eigenvalue weighted by Gasteiger charge is 2.63. The Balaban J connectivity index is 2.82. The van der Waals surface area contributed by atoms with Gasteiger partial charge in [-0.1, -0.05) is 24.3 Å². The quantitative estimate of drug-likeness (QED) is 0.542. The van der Waals surface area contributed by atoms with E-state index in [0.717, 1.165) is 0 Å². The average molecular weight is 238 g/mol. The number of methoxy groups -OCH3 is 1. The lowest BCUT2D eigenvalue weighted by Gasteiger charge is -2.10. The van der Waals surface area contributed by atoms with E-state index in [1.54, 1.807) is 19.1 Å². The summed E-state index contributed by atoms with van der Waals surface area (Å²) in [5.74, 6) is -1.12. The molecule has 0 aliphatic heterocycles. The Morgan fingerprint density at radius 1 is 1.41 bits per heavy atom. The molecule has 0 saturated heterocycles. The molecule has 1 rings (SSSR count). The van der Waals surface area contributed by atoms with E-state index < -0.39 is 11.3 Å². The Hall–Kier alpha value is -1.58. The summed E-state index contributed by atoms with van der Waals surface area (Å²) in [6.45, 7) is 3.94. The molecule has 2 atom stereocenters. The van der Waals surface area contributed by atoms with Crippen LogP contribution in [0, 0.1) is 11.3 Å². The molecule has 0 spiro atoms. The van der Waals surface area contributed by atoms with Crippen LogP contribution < -0.4 is 0 Å². The zero-order valence-corrected chi connectivity index (χ0v) is 10.4. The minimum Gasteiger partial charge on any atom is -0.469 e. The maximum Gasteiger partial charge on any atom is 0.316 e. The molecule has 0 bridgehead atoms. The fourth-order valence-corrected chi connectivity index (χ4v) is 1.80. The fraction of sp³-hybridized carbons (Fsp3) is 0.538. The molecule has 17 heavy (non-hydrogen) atoms. The predicted molar refractivity (Wildman–Crippen MR) is 63.1 cm³/mol. The number of esters is 2. The molecule has 4 heteroatoms. The van der Waals surface area contributed by atoms with Gasteiger partial charge in [-0.25, -0.2) is 0 Å². The highest BCUT2D eigenvalue weighted by molar-refractivity contribution is 5.93. The second kappa shape index (κ2) is 5.66. The lowest BCUT2D eigenvalue weighted by Crippen LogP contribution is -2.22. The molecule has 1 aliphatic rings. The minimum absolute atomic E-state index is 0.311. The summed E-state index contributed by atoms with van der Waals surface area (Å²) < 4.78 is 9.67. The highest BCUT2D eigenvalue weighted by Crippen LogP contribution is 2.55. The summed E-state index contributed by atoms with van der Waals surface area (Å²) in [6, 6.07) is 0. The Morgan fingerprint density at radius 2 is 2.12 bits per heavy atom. The molecule has 0 N–H and O–H groups in total. The van der Waals surface area contributed by atoms with E-state index in [1.165, 1.54) is 7.11 Å². The molecular weight excluding hydrogens is 220 g/mol. The second-order valence-corrected chi connectivity index (χ2v) is 3.93. The maximum atomic E-state index is 11.8. The molecule has 4 nitrogen and oxygen atoms in total. The molecule has 0 heterocycles. The van der Waals surface area contributed by atoms with Crippen LogP contribution in [0.2, 0.25) is 0 Å². The van der Waals surface area contributed by atoms with Crippen molar-refractivity contribution in [2.45, 2.75) is 20.3 Å². The molecule has 0 radical (unpaired) electrons. The Bertz CT molecular complexity index is 356. The summed E-state index contributed by atoms with van der Waals surface area (Å²) in [5, 5.41) is 0. The van der Waals surface area contributed by atoms with Gasteiger partial charge in [0.05, 0.1) is 19.6 Å². The van der Waals surface area contributed by atoms with Crippen LogP contribution in [0.25, 0.3) is 0 Å². The van der Waals surface area contributed by atoms with Crippen LogP contribution in [0.1, 0.15) is 20.3 Å². The number of hydrogen-bond donors (Lipinski definition) is 0. The van der Waals surface area contributed by atoms with Gasteiger partial charge in [-0.15, -0.1) is 0 Å². The number of allylic oxidation sites excluding steroid dienone is 3. The van der Waals surface area contributed by atoms with Crippen LogP contribution in [0.15, 0.2) is 24.3 Å². The fourth-order valence-electron chi connectivity index (χ4n) is 1.80. The van der Waals surface area contributed by atoms with Gasteiger partial charge in [0, 0.05) is 0 Å². The summed E-state index contributed by atoms with van der Waals surface area (Å²) in [4.78, 5) is 23.3. The monoisotopic (exact) mass is 238 g/mol. The van der Waals surface area contributed by atoms with E-state index in [1.807, 2.05) is 19.1 Å². The van der Waals surface area contributed by atoms with Crippen molar-refractivity contribution >= 4 is 11.9 Å². The van der Waals surface area contributed by atoms with Gasteiger partial charge in [0.2, 0.25) is 0 Å². The lowest BCUT2D eigenvalue weighted by molar-refractivity contribution is -0.152. The van der Waals surface area contributed by atoms with E-state index in [9.17, 15) is 9.59 Å². The lowest BCUT2D eigenvalue weighted by atomic mass is 10.0. The van der Waals surface area contributed by atoms with Gasteiger partial charge in [0.1, 0.15) is 5.41 Å². The third kappa shape index (κ3) is 2.75. The van der Waals surface area contributed by atoms with Gasteiger partial charge in [0.15, 0.2) is 0 Å². The largest absolute Gasteiger partial charge is 0.469 e. The van der Waals surface area contributed by atoms with Crippen molar-refractivity contribution in [3.63, 3.8) is 0 Å². The van der Waals surface area contributed by atoms with Gasteiger partial charge in [-0.3, -0.25) is 9.59 Å². The van der Waals surface area contributed by atoms with E-state index >= 15 is 0 Å². The smallest absolute Gasteiger partial charge is 0.316 e. The Labute approximate surface area is 101 Å². The molecule has 0 aromatic carbocycles. The first-order valence-electron chi connectivity index (χ1n) is 5.68. The first kappa shape index (κ1) is 13.5. The van der Waals surface area contributed by atoms with Gasteiger partial charge >= 0.3 is 11.9 Å². The molecule has 0 aromatic rings. The van der Waals surface area contributed by atoms with Crippen LogP contribution in [0.5, 0.6) is 0 Å². The Kier molecular flexibility index (Phi) is 4.49. The van der Waals surface area contributed by atoms with E-state index in [-0.39, 0.29) is 11.9 Å². The summed E-state index contributed by atoms with van der Waals surface area (Å²) in [6.07, 6.45) is 7.62. The molecule has 0 aromatic heterocycles. The number of carbonyl (C=O) groups is 2. The van der Waals surface area contributed by atoms with E-state index in [4.69, 9.17) is 4.74 Å². The normalized spacial score (nSPS) is 27.4. The molecule has 0 unspecified atom stereocenters. The van der Waals surface area contributed by atoms with Crippen LogP contribution in [0.3, 0.4) is 0 Å². The average Bonchev–Trinajstić information content (AvgIpc) is 3.05. The van der Waals surface area contributed by atoms with Gasteiger partial charge in [-0.2, -0.15) is 0 Å². The molecule has 94 valence electrons. The minimum atomic E-state index is -0.817. The number of hydrogen-bond acceptors (Lipinski definition) is 4. The van der Waals surface area contributed by atoms with Crippen molar-refractivity contribution in [1.82, 2.24) is 0 Å². The first-order chi connectivity index (χ1) is 8.12.